The summed E-state index contributed by atoms with van der Waals surface area (Å²) in [6.07, 6.45) is 6.44. The average Bonchev–Trinajstić information content (AvgIpc) is 3.78. The van der Waals surface area contributed by atoms with Crippen LogP contribution >= 0.6 is 0 Å². The van der Waals surface area contributed by atoms with Crippen LogP contribution in [0.4, 0.5) is 10.5 Å². The van der Waals surface area contributed by atoms with Crippen LogP contribution in [-0.4, -0.2) is 71.7 Å². The zero-order chi connectivity index (χ0) is 28.2. The van der Waals surface area contributed by atoms with Gasteiger partial charge in [-0.2, -0.15) is 0 Å². The fourth-order valence-corrected chi connectivity index (χ4v) is 6.20. The minimum absolute atomic E-state index is 0.0952. The highest BCUT2D eigenvalue weighted by Gasteiger charge is 2.47. The molecule has 3 unspecified atom stereocenters. The van der Waals surface area contributed by atoms with E-state index in [4.69, 9.17) is 9.47 Å². The summed E-state index contributed by atoms with van der Waals surface area (Å²) in [6.45, 7) is 6.93. The van der Waals surface area contributed by atoms with E-state index < -0.39 is 0 Å². The molecule has 0 radical (unpaired) electrons. The molecule has 3 fully saturated rings. The van der Waals surface area contributed by atoms with Gasteiger partial charge in [-0.3, -0.25) is 14.7 Å². The van der Waals surface area contributed by atoms with Crippen LogP contribution in [0.25, 0.3) is 10.8 Å². The van der Waals surface area contributed by atoms with Crippen molar-refractivity contribution >= 4 is 28.4 Å². The number of pyridine rings is 1. The van der Waals surface area contributed by atoms with Gasteiger partial charge in [0.1, 0.15) is 11.5 Å². The number of carbonyl (C=O) groups excluding carboxylic acids is 2. The Morgan fingerprint density at radius 1 is 1.02 bits per heavy atom. The number of aromatic nitrogens is 1. The van der Waals surface area contributed by atoms with Crippen molar-refractivity contribution in [2.24, 2.45) is 5.92 Å². The monoisotopic (exact) mass is 557 g/mol. The number of ether oxygens (including phenoxy) is 2. The smallest absolute Gasteiger partial charge is 0.319 e. The normalized spacial score (nSPS) is 22.8. The quantitative estimate of drug-likeness (QED) is 0.397. The molecule has 9 heteroatoms. The second-order valence-corrected chi connectivity index (χ2v) is 11.2. The Kier molecular flexibility index (Phi) is 8.34. The highest BCUT2D eigenvalue weighted by Crippen LogP contribution is 2.40. The number of fused-ring (bicyclic) bond motifs is 1. The lowest BCUT2D eigenvalue weighted by Crippen LogP contribution is -2.46. The van der Waals surface area contributed by atoms with Gasteiger partial charge in [-0.1, -0.05) is 31.2 Å². The largest absolute Gasteiger partial charge is 0.455 e. The Balaban J connectivity index is 1.08. The van der Waals surface area contributed by atoms with E-state index in [1.165, 1.54) is 0 Å². The molecule has 216 valence electrons. The van der Waals surface area contributed by atoms with E-state index in [2.05, 4.69) is 20.5 Å². The number of nitrogens with one attached hydrogen (secondary N) is 2. The number of morpholine rings is 1. The topological polar surface area (TPSA) is 96.0 Å². The second-order valence-electron chi connectivity index (χ2n) is 11.2. The van der Waals surface area contributed by atoms with Gasteiger partial charge < -0.3 is 25.0 Å². The number of piperidine rings is 1. The highest BCUT2D eigenvalue weighted by atomic mass is 16.5. The maximum atomic E-state index is 13.0. The molecule has 1 aliphatic carbocycles. The standard InChI is InChI=1S/C32H39N5O4/c1-2-31(38)37-14-6-5-9-29(37)26-19-28(26)35-32(39)34-27-12-13-30(25-8-4-3-7-24(25)27)41-23-11-10-22(33-20-23)21-36-15-17-40-18-16-36/h3-4,7-8,10-13,20,26,28-29H,2,5-6,9,14-19,21H2,1H3,(H2,34,35,39). The summed E-state index contributed by atoms with van der Waals surface area (Å²) in [5.74, 6) is 1.92. The van der Waals surface area contributed by atoms with Crippen molar-refractivity contribution < 1.29 is 19.1 Å². The molecule has 2 N–H and O–H groups in total. The fraction of sp³-hybridized carbons (Fsp3) is 0.469. The SMILES string of the molecule is CCC(=O)N1CCCCC1C1CC1NC(=O)Nc1ccc(Oc2ccc(CN3CCOCC3)nc2)c2ccccc12. The van der Waals surface area contributed by atoms with Crippen LogP contribution in [0.3, 0.4) is 0 Å². The van der Waals surface area contributed by atoms with Gasteiger partial charge in [0, 0.05) is 61.4 Å². The number of urea groups is 1. The minimum Gasteiger partial charge on any atom is -0.455 e. The molecule has 2 saturated heterocycles. The van der Waals surface area contributed by atoms with Crippen LogP contribution < -0.4 is 15.4 Å². The molecular weight excluding hydrogens is 518 g/mol. The second kappa shape index (κ2) is 12.4. The van der Waals surface area contributed by atoms with E-state index in [9.17, 15) is 9.59 Å². The molecule has 6 rings (SSSR count). The first-order chi connectivity index (χ1) is 20.1. The molecular formula is C32H39N5O4. The third-order valence-corrected chi connectivity index (χ3v) is 8.47. The molecule has 41 heavy (non-hydrogen) atoms. The van der Waals surface area contributed by atoms with Crippen LogP contribution in [0.15, 0.2) is 54.7 Å². The molecule has 2 aliphatic heterocycles. The summed E-state index contributed by atoms with van der Waals surface area (Å²) in [5.41, 5.74) is 1.72. The van der Waals surface area contributed by atoms with Crippen LogP contribution in [0.5, 0.6) is 11.5 Å². The lowest BCUT2D eigenvalue weighted by atomic mass is 9.97. The first-order valence-electron chi connectivity index (χ1n) is 14.9. The third kappa shape index (κ3) is 6.47. The Bertz CT molecular complexity index is 1370. The highest BCUT2D eigenvalue weighted by molar-refractivity contribution is 6.04. The van der Waals surface area contributed by atoms with Gasteiger partial charge in [0.25, 0.3) is 0 Å². The number of anilines is 1. The van der Waals surface area contributed by atoms with Crippen LogP contribution in [-0.2, 0) is 16.1 Å². The number of amides is 3. The van der Waals surface area contributed by atoms with Gasteiger partial charge in [-0.15, -0.1) is 0 Å². The Morgan fingerprint density at radius 2 is 1.85 bits per heavy atom. The van der Waals surface area contributed by atoms with E-state index in [-0.39, 0.29) is 24.0 Å². The van der Waals surface area contributed by atoms with Crippen LogP contribution in [0, 0.1) is 5.92 Å². The number of hydrogen-bond acceptors (Lipinski definition) is 6. The van der Waals surface area contributed by atoms with Crippen LogP contribution in [0.1, 0.15) is 44.7 Å². The molecule has 3 aliphatic rings. The van der Waals surface area contributed by atoms with E-state index in [1.807, 2.05) is 60.4 Å². The number of carbonyl (C=O) groups is 2. The molecule has 2 aromatic carbocycles. The van der Waals surface area contributed by atoms with Gasteiger partial charge in [0.2, 0.25) is 5.91 Å². The van der Waals surface area contributed by atoms with Gasteiger partial charge in [-0.05, 0) is 49.9 Å². The lowest BCUT2D eigenvalue weighted by Gasteiger charge is -2.36. The minimum atomic E-state index is -0.222. The maximum Gasteiger partial charge on any atom is 0.319 e. The van der Waals surface area contributed by atoms with Gasteiger partial charge in [-0.25, -0.2) is 4.79 Å². The van der Waals surface area contributed by atoms with E-state index in [0.717, 1.165) is 87.2 Å². The molecule has 3 atom stereocenters. The fourth-order valence-electron chi connectivity index (χ4n) is 6.20. The number of rotatable bonds is 8. The molecule has 0 spiro atoms. The molecule has 1 saturated carbocycles. The van der Waals surface area contributed by atoms with Crippen molar-refractivity contribution in [3.8, 4) is 11.5 Å². The van der Waals surface area contributed by atoms with Crippen molar-refractivity contribution in [2.75, 3.05) is 38.2 Å². The predicted molar refractivity (Wildman–Crippen MR) is 158 cm³/mol. The maximum absolute atomic E-state index is 13.0. The summed E-state index contributed by atoms with van der Waals surface area (Å²) in [6, 6.07) is 15.7. The molecule has 0 bridgehead atoms. The summed E-state index contributed by atoms with van der Waals surface area (Å²) < 4.78 is 11.7. The predicted octanol–water partition coefficient (Wildman–Crippen LogP) is 5.16. The van der Waals surface area contributed by atoms with Crippen molar-refractivity contribution in [3.05, 3.63) is 60.4 Å². The Labute approximate surface area is 241 Å². The number of nitrogens with zero attached hydrogens (tertiary/aromatic N) is 3. The van der Waals surface area contributed by atoms with Crippen LogP contribution in [0.2, 0.25) is 0 Å². The van der Waals surface area contributed by atoms with Crippen molar-refractivity contribution in [1.29, 1.82) is 0 Å². The molecule has 9 nitrogen and oxygen atoms in total. The summed E-state index contributed by atoms with van der Waals surface area (Å²) in [5, 5.41) is 8.00. The van der Waals surface area contributed by atoms with Gasteiger partial charge >= 0.3 is 6.03 Å². The van der Waals surface area contributed by atoms with Crippen molar-refractivity contribution in [3.63, 3.8) is 0 Å². The Morgan fingerprint density at radius 3 is 2.63 bits per heavy atom. The Hall–Kier alpha value is -3.69. The van der Waals surface area contributed by atoms with E-state index in [0.29, 0.717) is 23.8 Å². The van der Waals surface area contributed by atoms with Gasteiger partial charge in [0.05, 0.1) is 30.8 Å². The number of likely N-dealkylation sites (tertiary alicyclic amines) is 1. The number of benzene rings is 2. The lowest BCUT2D eigenvalue weighted by molar-refractivity contribution is -0.135. The zero-order valence-electron chi connectivity index (χ0n) is 23.7. The van der Waals surface area contributed by atoms with Crippen molar-refractivity contribution in [2.45, 2.75) is 57.7 Å². The molecule has 1 aromatic heterocycles. The molecule has 3 amide bonds. The molecule has 3 aromatic rings. The average molecular weight is 558 g/mol. The van der Waals surface area contributed by atoms with Crippen molar-refractivity contribution in [1.82, 2.24) is 20.1 Å². The zero-order valence-corrected chi connectivity index (χ0v) is 23.7. The summed E-state index contributed by atoms with van der Waals surface area (Å²) >= 11 is 0. The first kappa shape index (κ1) is 27.5. The third-order valence-electron chi connectivity index (χ3n) is 8.47. The first-order valence-corrected chi connectivity index (χ1v) is 14.9. The molecule has 3 heterocycles. The number of hydrogen-bond donors (Lipinski definition) is 2. The van der Waals surface area contributed by atoms with Gasteiger partial charge in [0.15, 0.2) is 0 Å². The summed E-state index contributed by atoms with van der Waals surface area (Å²) in [7, 11) is 0. The summed E-state index contributed by atoms with van der Waals surface area (Å²) in [4.78, 5) is 34.4. The van der Waals surface area contributed by atoms with E-state index >= 15 is 0 Å². The van der Waals surface area contributed by atoms with E-state index in [1.54, 1.807) is 6.20 Å².